The minimum atomic E-state index is -0.933. The summed E-state index contributed by atoms with van der Waals surface area (Å²) in [5.74, 6) is -1.08. The van der Waals surface area contributed by atoms with Crippen LogP contribution in [0, 0.1) is 0 Å². The van der Waals surface area contributed by atoms with E-state index in [1.807, 2.05) is 61.5 Å². The number of fused-ring (bicyclic) bond motifs is 1. The second-order valence-electron chi connectivity index (χ2n) is 6.44. The first-order valence-corrected chi connectivity index (χ1v) is 8.12. The van der Waals surface area contributed by atoms with E-state index in [-0.39, 0.29) is 11.5 Å². The Hall–Kier alpha value is -2.88. The Bertz CT molecular complexity index is 843. The number of hydrogen-bond acceptors (Lipinski definition) is 3. The van der Waals surface area contributed by atoms with E-state index >= 15 is 0 Å². The van der Waals surface area contributed by atoms with Crippen LogP contribution in [0.1, 0.15) is 24.0 Å². The molecule has 2 atom stereocenters. The molecule has 1 aliphatic heterocycles. The van der Waals surface area contributed by atoms with Crippen LogP contribution in [0.4, 0.5) is 5.69 Å². The van der Waals surface area contributed by atoms with Crippen molar-refractivity contribution in [2.75, 3.05) is 19.1 Å². The van der Waals surface area contributed by atoms with E-state index in [1.54, 1.807) is 11.9 Å². The molecule has 4 heteroatoms. The Kier molecular flexibility index (Phi) is 4.21. The first-order chi connectivity index (χ1) is 11.9. The molecule has 2 aromatic rings. The maximum absolute atomic E-state index is 13.2. The molecule has 0 saturated heterocycles. The molecule has 1 heterocycles. The summed E-state index contributed by atoms with van der Waals surface area (Å²) in [6.45, 7) is 5.86. The number of benzene rings is 2. The molecule has 128 valence electrons. The minimum Gasteiger partial charge on any atom is -0.466 e. The van der Waals surface area contributed by atoms with E-state index in [0.717, 1.165) is 16.8 Å². The third-order valence-corrected chi connectivity index (χ3v) is 5.08. The van der Waals surface area contributed by atoms with Crippen LogP contribution in [0.5, 0.6) is 0 Å². The molecule has 0 aromatic heterocycles. The summed E-state index contributed by atoms with van der Waals surface area (Å²) in [6.07, 6.45) is 0. The Morgan fingerprint density at radius 3 is 2.36 bits per heavy atom. The molecule has 0 fully saturated rings. The number of rotatable bonds is 4. The molecule has 0 spiro atoms. The Labute approximate surface area is 147 Å². The van der Waals surface area contributed by atoms with Gasteiger partial charge in [0.05, 0.1) is 12.5 Å². The summed E-state index contributed by atoms with van der Waals surface area (Å²) in [6, 6.07) is 17.2. The van der Waals surface area contributed by atoms with Gasteiger partial charge < -0.3 is 9.64 Å². The summed E-state index contributed by atoms with van der Waals surface area (Å²) in [5, 5.41) is 0. The molecule has 1 aliphatic rings. The van der Waals surface area contributed by atoms with E-state index in [2.05, 4.69) is 6.58 Å². The lowest BCUT2D eigenvalue weighted by molar-refractivity contribution is -0.136. The highest BCUT2D eigenvalue weighted by atomic mass is 16.5. The van der Waals surface area contributed by atoms with Gasteiger partial charge in [0, 0.05) is 24.2 Å². The number of carbonyl (C=O) groups is 2. The Balaban J connectivity index is 2.24. The summed E-state index contributed by atoms with van der Waals surface area (Å²) in [4.78, 5) is 27.2. The zero-order chi connectivity index (χ0) is 18.2. The van der Waals surface area contributed by atoms with Crippen molar-refractivity contribution in [1.82, 2.24) is 0 Å². The number of amides is 1. The highest BCUT2D eigenvalue weighted by Gasteiger charge is 2.53. The van der Waals surface area contributed by atoms with Crippen LogP contribution >= 0.6 is 0 Å². The number of carbonyl (C=O) groups excluding carboxylic acids is 2. The van der Waals surface area contributed by atoms with Gasteiger partial charge in [-0.3, -0.25) is 4.79 Å². The molecular weight excluding hydrogens is 314 g/mol. The van der Waals surface area contributed by atoms with E-state index in [0.29, 0.717) is 0 Å². The average Bonchev–Trinajstić information content (AvgIpc) is 2.84. The van der Waals surface area contributed by atoms with Gasteiger partial charge in [0.1, 0.15) is 0 Å². The zero-order valence-corrected chi connectivity index (χ0v) is 14.7. The minimum absolute atomic E-state index is 0.0624. The van der Waals surface area contributed by atoms with Gasteiger partial charge in [-0.25, -0.2) is 4.79 Å². The Morgan fingerprint density at radius 1 is 1.12 bits per heavy atom. The van der Waals surface area contributed by atoms with Crippen molar-refractivity contribution in [2.24, 2.45) is 0 Å². The fraction of sp³-hybridized carbons (Fsp3) is 0.238. The number of methoxy groups -OCH3 is 1. The van der Waals surface area contributed by atoms with E-state index in [4.69, 9.17) is 4.74 Å². The van der Waals surface area contributed by atoms with Crippen molar-refractivity contribution in [1.29, 1.82) is 0 Å². The third-order valence-electron chi connectivity index (χ3n) is 5.08. The smallest absolute Gasteiger partial charge is 0.333 e. The van der Waals surface area contributed by atoms with Gasteiger partial charge in [-0.05, 0) is 24.1 Å². The summed E-state index contributed by atoms with van der Waals surface area (Å²) >= 11 is 0. The number of likely N-dealkylation sites (N-methyl/N-ethyl adjacent to an activating group) is 1. The maximum Gasteiger partial charge on any atom is 0.333 e. The molecule has 0 bridgehead atoms. The van der Waals surface area contributed by atoms with Crippen LogP contribution in [0.3, 0.4) is 0 Å². The van der Waals surface area contributed by atoms with Crippen molar-refractivity contribution in [3.63, 3.8) is 0 Å². The lowest BCUT2D eigenvalue weighted by atomic mass is 9.66. The number of esters is 1. The molecule has 0 saturated carbocycles. The first kappa shape index (κ1) is 17.0. The summed E-state index contributed by atoms with van der Waals surface area (Å²) in [5.41, 5.74) is 1.95. The number of hydrogen-bond donors (Lipinski definition) is 0. The zero-order valence-electron chi connectivity index (χ0n) is 14.7. The molecule has 2 aromatic carbocycles. The number of ether oxygens (including phenoxy) is 1. The number of nitrogens with zero attached hydrogens (tertiary/aromatic N) is 1. The van der Waals surface area contributed by atoms with Crippen LogP contribution in [-0.2, 0) is 19.7 Å². The van der Waals surface area contributed by atoms with Crippen molar-refractivity contribution in [3.8, 4) is 0 Å². The lowest BCUT2D eigenvalue weighted by Crippen LogP contribution is -2.42. The number of para-hydroxylation sites is 1. The van der Waals surface area contributed by atoms with Gasteiger partial charge in [-0.1, -0.05) is 55.1 Å². The van der Waals surface area contributed by atoms with Gasteiger partial charge in [-0.2, -0.15) is 0 Å². The van der Waals surface area contributed by atoms with Crippen LogP contribution < -0.4 is 4.90 Å². The highest BCUT2D eigenvalue weighted by Crippen LogP contribution is 2.51. The second kappa shape index (κ2) is 6.20. The van der Waals surface area contributed by atoms with E-state index in [1.165, 1.54) is 7.11 Å². The SMILES string of the molecule is C=C(C(=O)OC)[C@H](c1ccccc1)[C@@]1(C)C(=O)N(C)c2ccccc21. The van der Waals surface area contributed by atoms with Crippen LogP contribution in [0.15, 0.2) is 66.7 Å². The van der Waals surface area contributed by atoms with Gasteiger partial charge in [0.25, 0.3) is 0 Å². The topological polar surface area (TPSA) is 46.6 Å². The lowest BCUT2D eigenvalue weighted by Gasteiger charge is -2.34. The van der Waals surface area contributed by atoms with Crippen molar-refractivity contribution >= 4 is 17.6 Å². The van der Waals surface area contributed by atoms with Crippen molar-refractivity contribution in [3.05, 3.63) is 77.9 Å². The maximum atomic E-state index is 13.2. The molecular formula is C21H21NO3. The normalized spacial score (nSPS) is 20.1. The fourth-order valence-electron chi connectivity index (χ4n) is 3.83. The molecule has 0 unspecified atom stereocenters. The highest BCUT2D eigenvalue weighted by molar-refractivity contribution is 6.09. The van der Waals surface area contributed by atoms with Crippen molar-refractivity contribution in [2.45, 2.75) is 18.3 Å². The first-order valence-electron chi connectivity index (χ1n) is 8.12. The molecule has 1 amide bonds. The molecule has 0 N–H and O–H groups in total. The third kappa shape index (κ3) is 2.45. The van der Waals surface area contributed by atoms with Gasteiger partial charge in [-0.15, -0.1) is 0 Å². The molecule has 0 aliphatic carbocycles. The second-order valence-corrected chi connectivity index (χ2v) is 6.44. The van der Waals surface area contributed by atoms with E-state index in [9.17, 15) is 9.59 Å². The molecule has 0 radical (unpaired) electrons. The monoisotopic (exact) mass is 335 g/mol. The van der Waals surface area contributed by atoms with Gasteiger partial charge >= 0.3 is 5.97 Å². The Morgan fingerprint density at radius 2 is 1.72 bits per heavy atom. The van der Waals surface area contributed by atoms with E-state index < -0.39 is 17.3 Å². The quantitative estimate of drug-likeness (QED) is 0.635. The fourth-order valence-corrected chi connectivity index (χ4v) is 3.83. The van der Waals surface area contributed by atoms with Gasteiger partial charge in [0.15, 0.2) is 0 Å². The molecule has 3 rings (SSSR count). The predicted molar refractivity (Wildman–Crippen MR) is 97.5 cm³/mol. The van der Waals surface area contributed by atoms with Crippen molar-refractivity contribution < 1.29 is 14.3 Å². The van der Waals surface area contributed by atoms with Crippen LogP contribution in [-0.4, -0.2) is 26.0 Å². The van der Waals surface area contributed by atoms with Crippen LogP contribution in [0.25, 0.3) is 0 Å². The average molecular weight is 335 g/mol. The van der Waals surface area contributed by atoms with Crippen LogP contribution in [0.2, 0.25) is 0 Å². The standard InChI is InChI=1S/C21H21NO3/c1-14(19(23)25-4)18(15-10-6-5-7-11-15)21(2)16-12-8-9-13-17(16)22(3)20(21)24/h5-13,18H,1H2,2-4H3/t18-,21+/m1/s1. The molecule has 25 heavy (non-hydrogen) atoms. The largest absolute Gasteiger partial charge is 0.466 e. The predicted octanol–water partition coefficient (Wildman–Crippen LogP) is 3.43. The summed E-state index contributed by atoms with van der Waals surface area (Å²) < 4.78 is 4.91. The molecule has 4 nitrogen and oxygen atoms in total. The summed E-state index contributed by atoms with van der Waals surface area (Å²) in [7, 11) is 3.09. The van der Waals surface area contributed by atoms with Gasteiger partial charge in [0.2, 0.25) is 5.91 Å². The number of anilines is 1.